The molecule has 2 aliphatic rings. The Labute approximate surface area is 195 Å². The van der Waals surface area contributed by atoms with Gasteiger partial charge in [-0.2, -0.15) is 5.26 Å². The molecule has 2 fully saturated rings. The molecule has 6 nitrogen and oxygen atoms in total. The van der Waals surface area contributed by atoms with Gasteiger partial charge in [0, 0.05) is 37.7 Å². The van der Waals surface area contributed by atoms with Gasteiger partial charge in [0.1, 0.15) is 6.07 Å². The highest BCUT2D eigenvalue weighted by molar-refractivity contribution is 6.31. The number of piperazine rings is 1. The van der Waals surface area contributed by atoms with E-state index in [0.717, 1.165) is 55.5 Å². The molecule has 0 radical (unpaired) electrons. The van der Waals surface area contributed by atoms with Crippen molar-refractivity contribution < 1.29 is 4.79 Å². The van der Waals surface area contributed by atoms with Crippen LogP contribution < -0.4 is 10.2 Å². The third kappa shape index (κ3) is 5.42. The van der Waals surface area contributed by atoms with Crippen LogP contribution in [0.1, 0.15) is 30.0 Å². The Bertz CT molecular complexity index is 961. The van der Waals surface area contributed by atoms with E-state index in [9.17, 15) is 10.1 Å². The van der Waals surface area contributed by atoms with Crippen molar-refractivity contribution in [3.05, 3.63) is 64.7 Å². The van der Waals surface area contributed by atoms with Crippen LogP contribution in [0.15, 0.2) is 48.5 Å². The molecule has 2 aromatic carbocycles. The minimum absolute atomic E-state index is 0.0483. The van der Waals surface area contributed by atoms with Crippen LogP contribution in [0.2, 0.25) is 5.02 Å². The first kappa shape index (κ1) is 22.6. The number of anilines is 1. The molecule has 7 heteroatoms. The van der Waals surface area contributed by atoms with Crippen LogP contribution in [0, 0.1) is 11.3 Å². The second kappa shape index (κ2) is 10.8. The van der Waals surface area contributed by atoms with Crippen LogP contribution >= 0.6 is 11.6 Å². The Kier molecular flexibility index (Phi) is 7.64. The first-order valence-electron chi connectivity index (χ1n) is 11.4. The summed E-state index contributed by atoms with van der Waals surface area (Å²) >= 11 is 6.48. The van der Waals surface area contributed by atoms with E-state index in [0.29, 0.717) is 18.7 Å². The summed E-state index contributed by atoms with van der Waals surface area (Å²) in [5.41, 5.74) is 2.76. The van der Waals surface area contributed by atoms with Crippen molar-refractivity contribution in [2.24, 2.45) is 0 Å². The number of nitrogens with zero attached hydrogens (tertiary/aromatic N) is 4. The van der Waals surface area contributed by atoms with Crippen molar-refractivity contribution in [2.75, 3.05) is 57.3 Å². The van der Waals surface area contributed by atoms with Crippen molar-refractivity contribution in [1.29, 1.82) is 5.26 Å². The average molecular weight is 452 g/mol. The SMILES string of the molecule is N#Cc1ccccc1N1CCN(CC(=O)NCC(c2ccccc2Cl)N2CCCC2)CC1. The van der Waals surface area contributed by atoms with Gasteiger partial charge in [-0.15, -0.1) is 0 Å². The number of para-hydroxylation sites is 1. The molecule has 0 saturated carbocycles. The molecule has 1 unspecified atom stereocenters. The van der Waals surface area contributed by atoms with Crippen LogP contribution in [-0.2, 0) is 4.79 Å². The topological polar surface area (TPSA) is 62.6 Å². The third-order valence-electron chi connectivity index (χ3n) is 6.44. The summed E-state index contributed by atoms with van der Waals surface area (Å²) in [7, 11) is 0. The molecule has 0 spiro atoms. The Morgan fingerprint density at radius 2 is 1.69 bits per heavy atom. The summed E-state index contributed by atoms with van der Waals surface area (Å²) in [6, 6.07) is 18.0. The molecule has 0 aliphatic carbocycles. The zero-order chi connectivity index (χ0) is 22.3. The predicted octanol–water partition coefficient (Wildman–Crippen LogP) is 3.29. The number of hydrogen-bond donors (Lipinski definition) is 1. The van der Waals surface area contributed by atoms with E-state index in [2.05, 4.69) is 32.2 Å². The third-order valence-corrected chi connectivity index (χ3v) is 6.79. The van der Waals surface area contributed by atoms with Gasteiger partial charge in [0.15, 0.2) is 0 Å². The number of nitrogens with one attached hydrogen (secondary N) is 1. The number of nitriles is 1. The normalized spacial score (nSPS) is 18.3. The van der Waals surface area contributed by atoms with Gasteiger partial charge in [0.25, 0.3) is 0 Å². The lowest BCUT2D eigenvalue weighted by Gasteiger charge is -2.36. The lowest BCUT2D eigenvalue weighted by Crippen LogP contribution is -2.50. The second-order valence-electron chi connectivity index (χ2n) is 8.48. The maximum Gasteiger partial charge on any atom is 0.234 e. The highest BCUT2D eigenvalue weighted by Gasteiger charge is 2.26. The Morgan fingerprint density at radius 3 is 2.41 bits per heavy atom. The van der Waals surface area contributed by atoms with Gasteiger partial charge < -0.3 is 10.2 Å². The van der Waals surface area contributed by atoms with Crippen molar-refractivity contribution >= 4 is 23.2 Å². The molecule has 168 valence electrons. The summed E-state index contributed by atoms with van der Waals surface area (Å²) in [6.07, 6.45) is 2.38. The summed E-state index contributed by atoms with van der Waals surface area (Å²) in [5.74, 6) is 0.0483. The van der Waals surface area contributed by atoms with E-state index in [-0.39, 0.29) is 11.9 Å². The lowest BCUT2D eigenvalue weighted by atomic mass is 10.1. The van der Waals surface area contributed by atoms with Crippen molar-refractivity contribution in [3.63, 3.8) is 0 Å². The number of carbonyl (C=O) groups is 1. The van der Waals surface area contributed by atoms with Crippen molar-refractivity contribution in [2.45, 2.75) is 18.9 Å². The Morgan fingerprint density at radius 1 is 1.00 bits per heavy atom. The van der Waals surface area contributed by atoms with Gasteiger partial charge >= 0.3 is 0 Å². The van der Waals surface area contributed by atoms with Crippen molar-refractivity contribution in [3.8, 4) is 6.07 Å². The molecule has 0 bridgehead atoms. The van der Waals surface area contributed by atoms with Crippen LogP contribution in [-0.4, -0.2) is 68.1 Å². The zero-order valence-electron chi connectivity index (χ0n) is 18.3. The van der Waals surface area contributed by atoms with Gasteiger partial charge in [-0.25, -0.2) is 0 Å². The van der Waals surface area contributed by atoms with Gasteiger partial charge in [0.05, 0.1) is 23.8 Å². The van der Waals surface area contributed by atoms with Crippen LogP contribution in [0.3, 0.4) is 0 Å². The Balaban J connectivity index is 1.30. The number of hydrogen-bond acceptors (Lipinski definition) is 5. The molecular formula is C25H30ClN5O. The minimum Gasteiger partial charge on any atom is -0.368 e. The van der Waals surface area contributed by atoms with E-state index < -0.39 is 0 Å². The summed E-state index contributed by atoms with van der Waals surface area (Å²) < 4.78 is 0. The first-order valence-corrected chi connectivity index (χ1v) is 11.7. The molecular weight excluding hydrogens is 422 g/mol. The van der Waals surface area contributed by atoms with Gasteiger partial charge in [-0.05, 0) is 49.7 Å². The van der Waals surface area contributed by atoms with Gasteiger partial charge in [0.2, 0.25) is 5.91 Å². The molecule has 1 N–H and O–H groups in total. The highest BCUT2D eigenvalue weighted by atomic mass is 35.5. The van der Waals surface area contributed by atoms with E-state index in [1.807, 2.05) is 42.5 Å². The first-order chi connectivity index (χ1) is 15.7. The second-order valence-corrected chi connectivity index (χ2v) is 8.88. The molecule has 2 aromatic rings. The maximum absolute atomic E-state index is 12.7. The van der Waals surface area contributed by atoms with Crippen LogP contribution in [0.4, 0.5) is 5.69 Å². The molecule has 2 saturated heterocycles. The fraction of sp³-hybridized carbons (Fsp3) is 0.440. The monoisotopic (exact) mass is 451 g/mol. The summed E-state index contributed by atoms with van der Waals surface area (Å²) in [4.78, 5) is 19.6. The minimum atomic E-state index is 0.0483. The molecule has 4 rings (SSSR count). The number of rotatable bonds is 7. The Hall–Kier alpha value is -2.59. The fourth-order valence-electron chi connectivity index (χ4n) is 4.69. The molecule has 1 amide bonds. The van der Waals surface area contributed by atoms with E-state index in [4.69, 9.17) is 11.6 Å². The molecule has 2 heterocycles. The largest absolute Gasteiger partial charge is 0.368 e. The van der Waals surface area contributed by atoms with Crippen molar-refractivity contribution in [1.82, 2.24) is 15.1 Å². The lowest BCUT2D eigenvalue weighted by molar-refractivity contribution is -0.122. The number of amides is 1. The summed E-state index contributed by atoms with van der Waals surface area (Å²) in [6.45, 7) is 6.25. The zero-order valence-corrected chi connectivity index (χ0v) is 19.1. The highest BCUT2D eigenvalue weighted by Crippen LogP contribution is 2.29. The number of carbonyl (C=O) groups excluding carboxylic acids is 1. The fourth-order valence-corrected chi connectivity index (χ4v) is 4.96. The average Bonchev–Trinajstić information content (AvgIpc) is 3.35. The quantitative estimate of drug-likeness (QED) is 0.699. The van der Waals surface area contributed by atoms with Crippen LogP contribution in [0.25, 0.3) is 0 Å². The standard InChI is InChI=1S/C25H30ClN5O/c26-22-9-3-2-8-21(22)24(30-11-5-6-12-30)18-28-25(32)19-29-13-15-31(16-14-29)23-10-4-1-7-20(23)17-27/h1-4,7-10,24H,5-6,11-16,18-19H2,(H,28,32). The smallest absolute Gasteiger partial charge is 0.234 e. The molecule has 0 aromatic heterocycles. The molecule has 32 heavy (non-hydrogen) atoms. The number of halogens is 1. The molecule has 1 atom stereocenters. The van der Waals surface area contributed by atoms with E-state index >= 15 is 0 Å². The summed E-state index contributed by atoms with van der Waals surface area (Å²) in [5, 5.41) is 13.3. The van der Waals surface area contributed by atoms with E-state index in [1.54, 1.807) is 0 Å². The molecule has 2 aliphatic heterocycles. The maximum atomic E-state index is 12.7. The number of likely N-dealkylation sites (tertiary alicyclic amines) is 1. The van der Waals surface area contributed by atoms with Gasteiger partial charge in [-0.1, -0.05) is 41.9 Å². The van der Waals surface area contributed by atoms with E-state index in [1.165, 1.54) is 12.8 Å². The van der Waals surface area contributed by atoms with Crippen LogP contribution in [0.5, 0.6) is 0 Å². The van der Waals surface area contributed by atoms with Gasteiger partial charge in [-0.3, -0.25) is 14.6 Å². The predicted molar refractivity (Wildman–Crippen MR) is 128 cm³/mol. The number of benzene rings is 2.